The minimum absolute atomic E-state index is 0.00592. The highest BCUT2D eigenvalue weighted by Crippen LogP contribution is 2.38. The maximum absolute atomic E-state index is 12.5. The van der Waals surface area contributed by atoms with E-state index in [1.807, 2.05) is 66.7 Å². The first-order valence-corrected chi connectivity index (χ1v) is 17.2. The van der Waals surface area contributed by atoms with Crippen molar-refractivity contribution in [1.82, 2.24) is 10.2 Å². The molecule has 0 saturated carbocycles. The number of para-hydroxylation sites is 2. The summed E-state index contributed by atoms with van der Waals surface area (Å²) in [6.07, 6.45) is 3.82. The van der Waals surface area contributed by atoms with Crippen molar-refractivity contribution in [2.24, 2.45) is 0 Å². The predicted octanol–water partition coefficient (Wildman–Crippen LogP) is 6.91. The van der Waals surface area contributed by atoms with E-state index in [1.54, 1.807) is 12.1 Å². The Morgan fingerprint density at radius 3 is 2.32 bits per heavy atom. The second-order valence-corrected chi connectivity index (χ2v) is 12.8. The topological polar surface area (TPSA) is 126 Å². The van der Waals surface area contributed by atoms with Gasteiger partial charge in [-0.1, -0.05) is 84.9 Å². The number of rotatable bonds is 16. The lowest BCUT2D eigenvalue weighted by Crippen LogP contribution is -2.37. The first-order valence-electron chi connectivity index (χ1n) is 17.2. The summed E-state index contributed by atoms with van der Waals surface area (Å²) in [5.41, 5.74) is 13.0. The van der Waals surface area contributed by atoms with Crippen LogP contribution in [0.3, 0.4) is 0 Å². The molecule has 3 atom stereocenters. The first-order chi connectivity index (χ1) is 24.3. The summed E-state index contributed by atoms with van der Waals surface area (Å²) >= 11 is 0. The van der Waals surface area contributed by atoms with E-state index in [1.165, 1.54) is 0 Å². The molecule has 0 unspecified atom stereocenters. The van der Waals surface area contributed by atoms with Gasteiger partial charge in [0.1, 0.15) is 0 Å². The number of aliphatic hydroxyl groups is 1. The number of anilines is 2. The third-order valence-electron chi connectivity index (χ3n) is 8.80. The van der Waals surface area contributed by atoms with Crippen LogP contribution >= 0.6 is 0 Å². The van der Waals surface area contributed by atoms with Gasteiger partial charge in [-0.15, -0.1) is 6.58 Å². The molecule has 0 aromatic heterocycles. The number of likely N-dealkylation sites (N-methyl/N-ethyl adjacent to an activating group) is 1. The maximum atomic E-state index is 12.5. The number of aliphatic hydroxyl groups excluding tert-OH is 1. The Labute approximate surface area is 295 Å². The van der Waals surface area contributed by atoms with E-state index < -0.39 is 6.29 Å². The Morgan fingerprint density at radius 2 is 1.60 bits per heavy atom. The Balaban J connectivity index is 1.13. The van der Waals surface area contributed by atoms with Gasteiger partial charge in [-0.25, -0.2) is 0 Å². The van der Waals surface area contributed by atoms with Crippen LogP contribution in [0, 0.1) is 0 Å². The monoisotopic (exact) mass is 676 g/mol. The Hall–Kier alpha value is -4.80. The van der Waals surface area contributed by atoms with Crippen LogP contribution in [0.15, 0.2) is 110 Å². The molecule has 262 valence electrons. The van der Waals surface area contributed by atoms with Gasteiger partial charge in [-0.3, -0.25) is 9.59 Å². The summed E-state index contributed by atoms with van der Waals surface area (Å²) in [4.78, 5) is 26.9. The minimum Gasteiger partial charge on any atom is -0.397 e. The van der Waals surface area contributed by atoms with Crippen LogP contribution in [0.5, 0.6) is 0 Å². The van der Waals surface area contributed by atoms with Crippen LogP contribution in [0.25, 0.3) is 11.1 Å². The summed E-state index contributed by atoms with van der Waals surface area (Å²) in [7, 11) is 2.06. The number of benzene rings is 4. The van der Waals surface area contributed by atoms with E-state index in [2.05, 4.69) is 53.4 Å². The Morgan fingerprint density at radius 1 is 0.880 bits per heavy atom. The lowest BCUT2D eigenvalue weighted by molar-refractivity contribution is -0.252. The van der Waals surface area contributed by atoms with Crippen molar-refractivity contribution in [3.8, 4) is 11.1 Å². The van der Waals surface area contributed by atoms with Crippen molar-refractivity contribution in [3.63, 3.8) is 0 Å². The molecule has 0 aliphatic carbocycles. The Kier molecular flexibility index (Phi) is 13.3. The van der Waals surface area contributed by atoms with Gasteiger partial charge in [-0.2, -0.15) is 0 Å². The highest BCUT2D eigenvalue weighted by atomic mass is 16.7. The first kappa shape index (κ1) is 36.5. The highest BCUT2D eigenvalue weighted by Gasteiger charge is 2.32. The average molecular weight is 677 g/mol. The van der Waals surface area contributed by atoms with Gasteiger partial charge in [0.05, 0.1) is 30.2 Å². The summed E-state index contributed by atoms with van der Waals surface area (Å²) < 4.78 is 13.0. The number of nitrogens with one attached hydrogen (secondary N) is 2. The van der Waals surface area contributed by atoms with E-state index in [-0.39, 0.29) is 30.6 Å². The Bertz CT molecular complexity index is 1710. The highest BCUT2D eigenvalue weighted by molar-refractivity contribution is 5.93. The third-order valence-corrected chi connectivity index (χ3v) is 8.80. The van der Waals surface area contributed by atoms with Gasteiger partial charge in [0.2, 0.25) is 11.8 Å². The van der Waals surface area contributed by atoms with Gasteiger partial charge in [0.25, 0.3) is 0 Å². The number of nitrogens with two attached hydrogens (primary N) is 1. The second kappa shape index (κ2) is 18.3. The largest absolute Gasteiger partial charge is 0.397 e. The van der Waals surface area contributed by atoms with Crippen molar-refractivity contribution in [1.29, 1.82) is 0 Å². The summed E-state index contributed by atoms with van der Waals surface area (Å²) in [6.45, 7) is 5.81. The normalized spacial score (nSPS) is 17.3. The minimum atomic E-state index is -0.527. The molecule has 0 radical (unpaired) electrons. The van der Waals surface area contributed by atoms with Crippen LogP contribution in [-0.4, -0.2) is 48.1 Å². The predicted molar refractivity (Wildman–Crippen MR) is 198 cm³/mol. The van der Waals surface area contributed by atoms with Crippen molar-refractivity contribution in [2.45, 2.75) is 63.8 Å². The molecule has 0 spiro atoms. The SMILES string of the molecule is C=CCN(C)C[C@@H]1C[C@H](c2ccc(CO)cc2)O[C@H](c2ccc(-c3cccc(CNC(=O)CCCCC(=O)Nc4ccccc4N)c3)cc2)O1. The molecule has 1 saturated heterocycles. The molecule has 2 amide bonds. The molecular weight excluding hydrogens is 628 g/mol. The molecule has 1 heterocycles. The molecule has 4 aromatic rings. The van der Waals surface area contributed by atoms with Crippen molar-refractivity contribution >= 4 is 23.2 Å². The number of nitrogens with zero attached hydrogens (tertiary/aromatic N) is 1. The zero-order chi connectivity index (χ0) is 35.3. The second-order valence-electron chi connectivity index (χ2n) is 12.8. The van der Waals surface area contributed by atoms with E-state index in [0.717, 1.165) is 52.9 Å². The molecule has 1 aliphatic rings. The smallest absolute Gasteiger partial charge is 0.224 e. The molecule has 9 nitrogen and oxygen atoms in total. The van der Waals surface area contributed by atoms with Crippen LogP contribution in [0.1, 0.15) is 66.8 Å². The summed E-state index contributed by atoms with van der Waals surface area (Å²) in [5.74, 6) is -0.158. The van der Waals surface area contributed by atoms with Crippen LogP contribution < -0.4 is 16.4 Å². The summed E-state index contributed by atoms with van der Waals surface area (Å²) in [5, 5.41) is 15.3. The number of carbonyl (C=O) groups excluding carboxylic acids is 2. The number of hydrogen-bond acceptors (Lipinski definition) is 7. The van der Waals surface area contributed by atoms with Gasteiger partial charge in [0.15, 0.2) is 6.29 Å². The van der Waals surface area contributed by atoms with Crippen LogP contribution in [0.2, 0.25) is 0 Å². The average Bonchev–Trinajstić information content (AvgIpc) is 3.13. The van der Waals surface area contributed by atoms with Crippen LogP contribution in [-0.2, 0) is 32.2 Å². The third kappa shape index (κ3) is 10.6. The number of hydrogen-bond donors (Lipinski definition) is 4. The number of ether oxygens (including phenoxy) is 2. The molecule has 0 bridgehead atoms. The molecule has 1 aliphatic heterocycles. The maximum Gasteiger partial charge on any atom is 0.224 e. The van der Waals surface area contributed by atoms with E-state index in [9.17, 15) is 14.7 Å². The number of carbonyl (C=O) groups is 2. The molecule has 1 fully saturated rings. The summed E-state index contributed by atoms with van der Waals surface area (Å²) in [6, 6.07) is 31.4. The lowest BCUT2D eigenvalue weighted by atomic mass is 9.99. The van der Waals surface area contributed by atoms with E-state index in [4.69, 9.17) is 15.2 Å². The fraction of sp³-hybridized carbons (Fsp3) is 0.317. The van der Waals surface area contributed by atoms with Crippen molar-refractivity contribution in [3.05, 3.63) is 132 Å². The molecular formula is C41H48N4O5. The standard InChI is InChI=1S/C41H48N4O5/c1-3-23-45(2)27-35-25-38(32-17-15-29(28-46)16-18-32)50-41(49-35)33-21-19-31(20-22-33)34-10-8-9-30(24-34)26-43-39(47)13-6-7-14-40(48)44-37-12-5-4-11-36(37)42/h3-5,8-12,15-22,24,35,38,41,46H,1,6-7,13-14,23,25-28,42H2,2H3,(H,43,47)(H,44,48)/t35-,38+,41+/m0/s1. The molecule has 50 heavy (non-hydrogen) atoms. The van der Waals surface area contributed by atoms with Gasteiger partial charge >= 0.3 is 0 Å². The fourth-order valence-corrected chi connectivity index (χ4v) is 6.05. The van der Waals surface area contributed by atoms with E-state index >= 15 is 0 Å². The molecule has 9 heteroatoms. The molecule has 4 aromatic carbocycles. The number of unbranched alkanes of at least 4 members (excludes halogenated alkanes) is 1. The van der Waals surface area contributed by atoms with Crippen molar-refractivity contribution in [2.75, 3.05) is 31.2 Å². The zero-order valence-corrected chi connectivity index (χ0v) is 28.7. The number of nitrogen functional groups attached to an aromatic ring is 1. The number of amides is 2. The van der Waals surface area contributed by atoms with Gasteiger partial charge < -0.3 is 35.8 Å². The van der Waals surface area contributed by atoms with Gasteiger partial charge in [0, 0.05) is 44.5 Å². The molecule has 5 N–H and O–H groups in total. The van der Waals surface area contributed by atoms with Crippen molar-refractivity contribution < 1.29 is 24.2 Å². The molecule has 5 rings (SSSR count). The lowest BCUT2D eigenvalue weighted by Gasteiger charge is -2.37. The fourth-order valence-electron chi connectivity index (χ4n) is 6.05. The van der Waals surface area contributed by atoms with E-state index in [0.29, 0.717) is 43.6 Å². The van der Waals surface area contributed by atoms with Gasteiger partial charge in [-0.05, 0) is 65.9 Å². The quantitative estimate of drug-likeness (QED) is 0.0578. The zero-order valence-electron chi connectivity index (χ0n) is 28.7. The van der Waals surface area contributed by atoms with Crippen LogP contribution in [0.4, 0.5) is 11.4 Å².